The van der Waals surface area contributed by atoms with Gasteiger partial charge in [-0.05, 0) is 26.7 Å². The van der Waals surface area contributed by atoms with E-state index in [-0.39, 0.29) is 17.9 Å². The van der Waals surface area contributed by atoms with Crippen LogP contribution in [0.25, 0.3) is 0 Å². The van der Waals surface area contributed by atoms with Crippen LogP contribution in [-0.2, 0) is 9.53 Å². The number of carbonyl (C=O) groups excluding carboxylic acids is 1. The number of amides is 1. The van der Waals surface area contributed by atoms with E-state index in [1.165, 1.54) is 12.8 Å². The molecule has 0 aromatic heterocycles. The maximum Gasteiger partial charge on any atom is 0.227 e. The molecule has 13 heavy (non-hydrogen) atoms. The van der Waals surface area contributed by atoms with Gasteiger partial charge in [0.25, 0.3) is 0 Å². The van der Waals surface area contributed by atoms with E-state index in [9.17, 15) is 4.79 Å². The van der Waals surface area contributed by atoms with Crippen LogP contribution in [0, 0.1) is 5.92 Å². The highest BCUT2D eigenvalue weighted by atomic mass is 16.5. The molecule has 1 saturated carbocycles. The molecule has 1 N–H and O–H groups in total. The fraction of sp³-hybridized carbons (Fsp3) is 0.900. The molecular formula is C10H17NO2. The van der Waals surface area contributed by atoms with Gasteiger partial charge in [-0.25, -0.2) is 0 Å². The van der Waals surface area contributed by atoms with E-state index in [2.05, 4.69) is 5.32 Å². The quantitative estimate of drug-likeness (QED) is 0.617. The van der Waals surface area contributed by atoms with Crippen molar-refractivity contribution in [3.8, 4) is 0 Å². The SMILES string of the molecule is CC1(C)NC(=O)C2CCCCC2O1. The lowest BCUT2D eigenvalue weighted by Crippen LogP contribution is -2.59. The van der Waals surface area contributed by atoms with Gasteiger partial charge in [-0.2, -0.15) is 0 Å². The van der Waals surface area contributed by atoms with Crippen molar-refractivity contribution in [1.82, 2.24) is 5.32 Å². The molecule has 2 fully saturated rings. The zero-order valence-corrected chi connectivity index (χ0v) is 8.30. The monoisotopic (exact) mass is 183 g/mol. The predicted molar refractivity (Wildman–Crippen MR) is 49.1 cm³/mol. The van der Waals surface area contributed by atoms with Gasteiger partial charge in [-0.1, -0.05) is 12.8 Å². The highest BCUT2D eigenvalue weighted by Gasteiger charge is 2.41. The topological polar surface area (TPSA) is 38.3 Å². The first-order valence-electron chi connectivity index (χ1n) is 5.08. The summed E-state index contributed by atoms with van der Waals surface area (Å²) in [5.41, 5.74) is -0.463. The van der Waals surface area contributed by atoms with Crippen LogP contribution in [0.15, 0.2) is 0 Å². The van der Waals surface area contributed by atoms with E-state index in [0.29, 0.717) is 0 Å². The van der Waals surface area contributed by atoms with Gasteiger partial charge in [0.1, 0.15) is 5.72 Å². The Kier molecular flexibility index (Phi) is 2.06. The third-order valence-electron chi connectivity index (χ3n) is 2.91. The van der Waals surface area contributed by atoms with Crippen LogP contribution < -0.4 is 5.32 Å². The Morgan fingerprint density at radius 2 is 2.08 bits per heavy atom. The van der Waals surface area contributed by atoms with E-state index >= 15 is 0 Å². The van der Waals surface area contributed by atoms with E-state index in [1.54, 1.807) is 0 Å². The minimum atomic E-state index is -0.463. The molecule has 1 heterocycles. The molecule has 2 unspecified atom stereocenters. The first-order valence-corrected chi connectivity index (χ1v) is 5.08. The molecule has 2 aliphatic rings. The smallest absolute Gasteiger partial charge is 0.227 e. The minimum Gasteiger partial charge on any atom is -0.352 e. The molecule has 3 nitrogen and oxygen atoms in total. The molecule has 2 atom stereocenters. The lowest BCUT2D eigenvalue weighted by molar-refractivity contribution is -0.178. The molecule has 1 aliphatic carbocycles. The second-order valence-corrected chi connectivity index (χ2v) is 4.55. The minimum absolute atomic E-state index is 0.113. The van der Waals surface area contributed by atoms with Gasteiger partial charge in [0.05, 0.1) is 12.0 Å². The molecule has 2 rings (SSSR count). The lowest BCUT2D eigenvalue weighted by Gasteiger charge is -2.43. The Labute approximate surface area is 78.8 Å². The number of carbonyl (C=O) groups is 1. The maximum absolute atomic E-state index is 11.7. The number of ether oxygens (including phenoxy) is 1. The third-order valence-corrected chi connectivity index (χ3v) is 2.91. The Hall–Kier alpha value is -0.570. The molecule has 3 heteroatoms. The van der Waals surface area contributed by atoms with Crippen molar-refractivity contribution in [3.63, 3.8) is 0 Å². The zero-order chi connectivity index (χ0) is 9.47. The molecule has 0 bridgehead atoms. The first-order chi connectivity index (χ1) is 6.08. The van der Waals surface area contributed by atoms with E-state index in [1.807, 2.05) is 13.8 Å². The molecule has 0 aromatic rings. The average Bonchev–Trinajstić information content (AvgIpc) is 2.02. The normalized spacial score (nSPS) is 37.8. The number of nitrogens with one attached hydrogen (secondary N) is 1. The Balaban J connectivity index is 2.12. The number of rotatable bonds is 0. The first kappa shape index (κ1) is 9.00. The summed E-state index contributed by atoms with van der Waals surface area (Å²) in [5.74, 6) is 0.294. The summed E-state index contributed by atoms with van der Waals surface area (Å²) in [6.45, 7) is 3.82. The van der Waals surface area contributed by atoms with Gasteiger partial charge >= 0.3 is 0 Å². The van der Waals surface area contributed by atoms with Crippen LogP contribution >= 0.6 is 0 Å². The van der Waals surface area contributed by atoms with Crippen molar-refractivity contribution in [3.05, 3.63) is 0 Å². The van der Waals surface area contributed by atoms with Crippen molar-refractivity contribution in [2.45, 2.75) is 51.4 Å². The number of fused-ring (bicyclic) bond motifs is 1. The van der Waals surface area contributed by atoms with Crippen molar-refractivity contribution in [2.75, 3.05) is 0 Å². The second kappa shape index (κ2) is 2.98. The summed E-state index contributed by atoms with van der Waals surface area (Å²) in [5, 5.41) is 2.89. The van der Waals surface area contributed by atoms with Gasteiger partial charge in [-0.15, -0.1) is 0 Å². The molecule has 1 aliphatic heterocycles. The van der Waals surface area contributed by atoms with Crippen LogP contribution in [-0.4, -0.2) is 17.7 Å². The molecule has 0 spiro atoms. The van der Waals surface area contributed by atoms with E-state index < -0.39 is 5.72 Å². The molecule has 74 valence electrons. The lowest BCUT2D eigenvalue weighted by atomic mass is 9.84. The van der Waals surface area contributed by atoms with Crippen LogP contribution in [0.1, 0.15) is 39.5 Å². The summed E-state index contributed by atoms with van der Waals surface area (Å²) in [4.78, 5) is 11.7. The van der Waals surface area contributed by atoms with Crippen molar-refractivity contribution >= 4 is 5.91 Å². The fourth-order valence-electron chi connectivity index (χ4n) is 2.34. The highest BCUT2D eigenvalue weighted by molar-refractivity contribution is 5.80. The maximum atomic E-state index is 11.7. The summed E-state index contributed by atoms with van der Waals surface area (Å²) in [6.07, 6.45) is 4.56. The van der Waals surface area contributed by atoms with Crippen LogP contribution in [0.5, 0.6) is 0 Å². The highest BCUT2D eigenvalue weighted by Crippen LogP contribution is 2.33. The molecule has 1 saturated heterocycles. The summed E-state index contributed by atoms with van der Waals surface area (Å²) in [7, 11) is 0. The largest absolute Gasteiger partial charge is 0.352 e. The fourth-order valence-corrected chi connectivity index (χ4v) is 2.34. The summed E-state index contributed by atoms with van der Waals surface area (Å²) in [6, 6.07) is 0. The van der Waals surface area contributed by atoms with Crippen LogP contribution in [0.4, 0.5) is 0 Å². The van der Waals surface area contributed by atoms with Crippen molar-refractivity contribution < 1.29 is 9.53 Å². The second-order valence-electron chi connectivity index (χ2n) is 4.55. The van der Waals surface area contributed by atoms with Gasteiger partial charge in [-0.3, -0.25) is 4.79 Å². The van der Waals surface area contributed by atoms with Gasteiger partial charge in [0.2, 0.25) is 5.91 Å². The molecular weight excluding hydrogens is 166 g/mol. The Morgan fingerprint density at radius 3 is 2.85 bits per heavy atom. The van der Waals surface area contributed by atoms with Crippen molar-refractivity contribution in [1.29, 1.82) is 0 Å². The number of hydrogen-bond donors (Lipinski definition) is 1. The Morgan fingerprint density at radius 1 is 1.38 bits per heavy atom. The van der Waals surface area contributed by atoms with Gasteiger partial charge < -0.3 is 10.1 Å². The standard InChI is InChI=1S/C10H17NO2/c1-10(2)11-9(12)7-5-3-4-6-8(7)13-10/h7-8H,3-6H2,1-2H3,(H,11,12). The predicted octanol–water partition coefficient (Wildman–Crippen LogP) is 1.43. The van der Waals surface area contributed by atoms with Crippen LogP contribution in [0.2, 0.25) is 0 Å². The molecule has 0 aromatic carbocycles. The average molecular weight is 183 g/mol. The summed E-state index contributed by atoms with van der Waals surface area (Å²) < 4.78 is 5.82. The van der Waals surface area contributed by atoms with E-state index in [0.717, 1.165) is 12.8 Å². The summed E-state index contributed by atoms with van der Waals surface area (Å²) >= 11 is 0. The zero-order valence-electron chi connectivity index (χ0n) is 8.30. The van der Waals surface area contributed by atoms with E-state index in [4.69, 9.17) is 4.74 Å². The molecule has 0 radical (unpaired) electrons. The third kappa shape index (κ3) is 1.70. The molecule has 1 amide bonds. The van der Waals surface area contributed by atoms with Crippen molar-refractivity contribution in [2.24, 2.45) is 5.92 Å². The Bertz CT molecular complexity index is 225. The number of hydrogen-bond acceptors (Lipinski definition) is 2. The van der Waals surface area contributed by atoms with Gasteiger partial charge in [0.15, 0.2) is 0 Å². The van der Waals surface area contributed by atoms with Crippen LogP contribution in [0.3, 0.4) is 0 Å². The van der Waals surface area contributed by atoms with Gasteiger partial charge in [0, 0.05) is 0 Å².